The van der Waals surface area contributed by atoms with Crippen LogP contribution in [-0.2, 0) is 20.3 Å². The van der Waals surface area contributed by atoms with E-state index in [0.29, 0.717) is 30.8 Å². The average Bonchev–Trinajstić information content (AvgIpc) is 2.60. The van der Waals surface area contributed by atoms with Crippen LogP contribution in [0.5, 0.6) is 0 Å². The first-order chi connectivity index (χ1) is 12.3. The lowest BCUT2D eigenvalue weighted by molar-refractivity contribution is -0.0228. The Hall–Kier alpha value is -2.25. The van der Waals surface area contributed by atoms with Crippen LogP contribution in [0.25, 0.3) is 0 Å². The number of halogens is 1. The summed E-state index contributed by atoms with van der Waals surface area (Å²) in [5, 5.41) is 0. The van der Waals surface area contributed by atoms with Crippen LogP contribution in [0.3, 0.4) is 0 Å². The molecule has 0 spiro atoms. The molecule has 1 aliphatic rings. The van der Waals surface area contributed by atoms with Crippen LogP contribution < -0.4 is 0 Å². The molecule has 26 heavy (non-hydrogen) atoms. The summed E-state index contributed by atoms with van der Waals surface area (Å²) >= 11 is 0. The van der Waals surface area contributed by atoms with Crippen LogP contribution in [0.2, 0.25) is 0 Å². The van der Waals surface area contributed by atoms with Crippen LogP contribution in [0, 0.1) is 5.82 Å². The molecule has 138 valence electrons. The minimum atomic E-state index is -3.17. The lowest BCUT2D eigenvalue weighted by Gasteiger charge is -2.33. The van der Waals surface area contributed by atoms with Gasteiger partial charge in [-0.15, -0.1) is 0 Å². The smallest absolute Gasteiger partial charge is 0.254 e. The molecule has 1 atom stereocenters. The number of carbonyl (C=O) groups excluding carboxylic acids is 1. The van der Waals surface area contributed by atoms with Crippen LogP contribution in [0.4, 0.5) is 4.39 Å². The van der Waals surface area contributed by atoms with Gasteiger partial charge in [0.05, 0.1) is 18.9 Å². The highest BCUT2D eigenvalue weighted by molar-refractivity contribution is 7.89. The highest BCUT2D eigenvalue weighted by Crippen LogP contribution is 2.24. The number of sulfone groups is 1. The van der Waals surface area contributed by atoms with Gasteiger partial charge in [0, 0.05) is 18.4 Å². The van der Waals surface area contributed by atoms with Crippen molar-refractivity contribution in [1.29, 1.82) is 0 Å². The summed E-state index contributed by atoms with van der Waals surface area (Å²) in [5.41, 5.74) is 1.85. The lowest BCUT2D eigenvalue weighted by Crippen LogP contribution is -2.42. The van der Waals surface area contributed by atoms with E-state index in [1.807, 2.05) is 0 Å². The van der Waals surface area contributed by atoms with Gasteiger partial charge >= 0.3 is 0 Å². The quantitative estimate of drug-likeness (QED) is 0.822. The third-order valence-corrected chi connectivity index (χ3v) is 5.06. The zero-order valence-electron chi connectivity index (χ0n) is 14.4. The van der Waals surface area contributed by atoms with E-state index in [4.69, 9.17) is 4.74 Å². The molecule has 0 bridgehead atoms. The Labute approximate surface area is 152 Å². The Kier molecular flexibility index (Phi) is 5.38. The highest BCUT2D eigenvalue weighted by Gasteiger charge is 2.26. The largest absolute Gasteiger partial charge is 0.370 e. The molecular weight excluding hydrogens is 357 g/mol. The molecule has 3 rings (SSSR count). The zero-order chi connectivity index (χ0) is 18.7. The first kappa shape index (κ1) is 18.5. The van der Waals surface area contributed by atoms with Crippen molar-refractivity contribution in [3.8, 4) is 0 Å². The molecule has 0 saturated carbocycles. The third kappa shape index (κ3) is 4.68. The van der Waals surface area contributed by atoms with E-state index in [0.717, 1.165) is 11.8 Å². The van der Waals surface area contributed by atoms with Crippen molar-refractivity contribution >= 4 is 15.7 Å². The summed E-state index contributed by atoms with van der Waals surface area (Å²) in [5.74, 6) is -0.592. The van der Waals surface area contributed by atoms with Gasteiger partial charge in [-0.05, 0) is 35.4 Å². The predicted molar refractivity (Wildman–Crippen MR) is 96.0 cm³/mol. The summed E-state index contributed by atoms with van der Waals surface area (Å²) in [7, 11) is -3.17. The Morgan fingerprint density at radius 1 is 1.23 bits per heavy atom. The summed E-state index contributed by atoms with van der Waals surface area (Å²) in [4.78, 5) is 14.5. The molecule has 7 heteroatoms. The van der Waals surface area contributed by atoms with Crippen molar-refractivity contribution in [3.63, 3.8) is 0 Å². The lowest BCUT2D eigenvalue weighted by atomic mass is 10.1. The molecule has 0 aromatic heterocycles. The Morgan fingerprint density at radius 2 is 1.96 bits per heavy atom. The number of rotatable bonds is 4. The molecule has 5 nitrogen and oxygen atoms in total. The molecule has 1 saturated heterocycles. The number of amides is 1. The predicted octanol–water partition coefficient (Wildman–Crippen LogP) is 2.58. The molecule has 0 radical (unpaired) electrons. The minimum Gasteiger partial charge on any atom is -0.370 e. The highest BCUT2D eigenvalue weighted by atomic mass is 32.2. The molecule has 1 aliphatic heterocycles. The van der Waals surface area contributed by atoms with Gasteiger partial charge in [-0.2, -0.15) is 0 Å². The van der Waals surface area contributed by atoms with Crippen molar-refractivity contribution in [3.05, 3.63) is 71.0 Å². The monoisotopic (exact) mass is 377 g/mol. The maximum Gasteiger partial charge on any atom is 0.254 e. The van der Waals surface area contributed by atoms with E-state index in [-0.39, 0.29) is 23.6 Å². The van der Waals surface area contributed by atoms with E-state index in [9.17, 15) is 17.6 Å². The SMILES string of the molecule is CS(=O)(=O)Cc1cccc(C(=O)N2CCOC(c3ccc(F)cc3)C2)c1. The normalized spacial score (nSPS) is 17.9. The molecule has 2 aromatic rings. The van der Waals surface area contributed by atoms with Crippen molar-refractivity contribution in [1.82, 2.24) is 4.90 Å². The van der Waals surface area contributed by atoms with E-state index in [1.54, 1.807) is 41.3 Å². The molecule has 2 aromatic carbocycles. The van der Waals surface area contributed by atoms with Gasteiger partial charge in [-0.1, -0.05) is 24.3 Å². The zero-order valence-corrected chi connectivity index (χ0v) is 15.2. The van der Waals surface area contributed by atoms with Crippen LogP contribution in [0.15, 0.2) is 48.5 Å². The number of hydrogen-bond acceptors (Lipinski definition) is 4. The van der Waals surface area contributed by atoms with E-state index >= 15 is 0 Å². The second-order valence-electron chi connectivity index (χ2n) is 6.43. The molecule has 1 heterocycles. The maximum atomic E-state index is 13.1. The molecule has 1 amide bonds. The third-order valence-electron chi connectivity index (χ3n) is 4.20. The molecule has 0 aliphatic carbocycles. The second kappa shape index (κ2) is 7.55. The Bertz CT molecular complexity index is 896. The second-order valence-corrected chi connectivity index (χ2v) is 8.57. The van der Waals surface area contributed by atoms with Gasteiger partial charge in [-0.25, -0.2) is 12.8 Å². The first-order valence-electron chi connectivity index (χ1n) is 8.25. The summed E-state index contributed by atoms with van der Waals surface area (Å²) in [6.07, 6.45) is 0.851. The molecule has 1 fully saturated rings. The number of carbonyl (C=O) groups is 1. The number of hydrogen-bond donors (Lipinski definition) is 0. The van der Waals surface area contributed by atoms with E-state index in [2.05, 4.69) is 0 Å². The Morgan fingerprint density at radius 3 is 2.65 bits per heavy atom. The number of morpholine rings is 1. The van der Waals surface area contributed by atoms with Gasteiger partial charge in [-0.3, -0.25) is 4.79 Å². The minimum absolute atomic E-state index is 0.102. The molecule has 1 unspecified atom stereocenters. The summed E-state index contributed by atoms with van der Waals surface area (Å²) in [6.45, 7) is 1.20. The standard InChI is InChI=1S/C19H20FNO4S/c1-26(23,24)13-14-3-2-4-16(11-14)19(22)21-9-10-25-18(12-21)15-5-7-17(20)8-6-15/h2-8,11,18H,9-10,12-13H2,1H3. The van der Waals surface area contributed by atoms with Crippen LogP contribution >= 0.6 is 0 Å². The fourth-order valence-electron chi connectivity index (χ4n) is 2.99. The average molecular weight is 377 g/mol. The summed E-state index contributed by atoms with van der Waals surface area (Å²) < 4.78 is 41.7. The van der Waals surface area contributed by atoms with Crippen molar-refractivity contribution in [2.75, 3.05) is 26.0 Å². The topological polar surface area (TPSA) is 63.7 Å². The fourth-order valence-corrected chi connectivity index (χ4v) is 3.78. The van der Waals surface area contributed by atoms with Crippen molar-refractivity contribution in [2.45, 2.75) is 11.9 Å². The van der Waals surface area contributed by atoms with E-state index < -0.39 is 9.84 Å². The van der Waals surface area contributed by atoms with Gasteiger partial charge in [0.25, 0.3) is 5.91 Å². The van der Waals surface area contributed by atoms with E-state index in [1.165, 1.54) is 12.1 Å². The van der Waals surface area contributed by atoms with Crippen LogP contribution in [-0.4, -0.2) is 45.2 Å². The number of benzene rings is 2. The number of ether oxygens (including phenoxy) is 1. The van der Waals surface area contributed by atoms with Gasteiger partial charge in [0.2, 0.25) is 0 Å². The van der Waals surface area contributed by atoms with Gasteiger partial charge in [0.1, 0.15) is 11.9 Å². The maximum absolute atomic E-state index is 13.1. The van der Waals surface area contributed by atoms with Gasteiger partial charge in [0.15, 0.2) is 9.84 Å². The summed E-state index contributed by atoms with van der Waals surface area (Å²) in [6, 6.07) is 12.7. The molecular formula is C19H20FNO4S. The van der Waals surface area contributed by atoms with Crippen LogP contribution in [0.1, 0.15) is 27.6 Å². The van der Waals surface area contributed by atoms with Crippen molar-refractivity contribution in [2.24, 2.45) is 0 Å². The molecule has 0 N–H and O–H groups in total. The first-order valence-corrected chi connectivity index (χ1v) is 10.3. The van der Waals surface area contributed by atoms with Gasteiger partial charge < -0.3 is 9.64 Å². The Balaban J connectivity index is 1.75. The fraction of sp³-hybridized carbons (Fsp3) is 0.316. The number of nitrogens with zero attached hydrogens (tertiary/aromatic N) is 1. The van der Waals surface area contributed by atoms with Crippen molar-refractivity contribution < 1.29 is 22.3 Å².